The van der Waals surface area contributed by atoms with E-state index >= 15 is 0 Å². The second-order valence-corrected chi connectivity index (χ2v) is 9.18. The van der Waals surface area contributed by atoms with Gasteiger partial charge in [-0.05, 0) is 30.5 Å². The molecular weight excluding hydrogens is 445 g/mol. The highest BCUT2D eigenvalue weighted by atomic mass is 19.1. The van der Waals surface area contributed by atoms with Crippen molar-refractivity contribution in [2.24, 2.45) is 33.9 Å². The number of benzene rings is 2. The number of hydrogen-bond donors (Lipinski definition) is 1. The van der Waals surface area contributed by atoms with E-state index in [1.165, 1.54) is 17.0 Å². The maximum absolute atomic E-state index is 14.0. The summed E-state index contributed by atoms with van der Waals surface area (Å²) in [7, 11) is 0. The quantitative estimate of drug-likeness (QED) is 0.542. The second-order valence-electron chi connectivity index (χ2n) is 9.18. The molecule has 2 heterocycles. The van der Waals surface area contributed by atoms with Crippen LogP contribution in [0.1, 0.15) is 35.2 Å². The fourth-order valence-electron chi connectivity index (χ4n) is 5.90. The van der Waals surface area contributed by atoms with Crippen LogP contribution >= 0.6 is 0 Å². The number of halogens is 1. The minimum atomic E-state index is -1.35. The van der Waals surface area contributed by atoms with Gasteiger partial charge in [0.1, 0.15) is 28.8 Å². The van der Waals surface area contributed by atoms with Crippen molar-refractivity contribution < 1.29 is 14.0 Å². The van der Waals surface area contributed by atoms with Crippen LogP contribution in [0.4, 0.5) is 4.39 Å². The Morgan fingerprint density at radius 3 is 2.51 bits per heavy atom. The van der Waals surface area contributed by atoms with Crippen LogP contribution in [-0.2, 0) is 11.3 Å². The first-order valence-electron chi connectivity index (χ1n) is 11.5. The molecule has 0 spiro atoms. The molecule has 0 bridgehead atoms. The van der Waals surface area contributed by atoms with Crippen molar-refractivity contribution in [3.05, 3.63) is 82.9 Å². The number of hydrogen-bond acceptors (Lipinski definition) is 6. The van der Waals surface area contributed by atoms with Gasteiger partial charge in [-0.3, -0.25) is 14.5 Å². The van der Waals surface area contributed by atoms with E-state index in [4.69, 9.17) is 5.73 Å². The molecule has 35 heavy (non-hydrogen) atoms. The molecule has 8 heteroatoms. The number of allylic oxidation sites excluding steroid dienone is 1. The Morgan fingerprint density at radius 2 is 1.86 bits per heavy atom. The fourth-order valence-corrected chi connectivity index (χ4v) is 5.90. The molecule has 5 rings (SSSR count). The summed E-state index contributed by atoms with van der Waals surface area (Å²) in [6, 6.07) is 18.7. The lowest BCUT2D eigenvalue weighted by Gasteiger charge is -2.54. The normalized spacial score (nSPS) is 27.4. The van der Waals surface area contributed by atoms with Crippen LogP contribution < -0.4 is 5.73 Å². The first kappa shape index (κ1) is 22.5. The summed E-state index contributed by atoms with van der Waals surface area (Å²) in [6.07, 6.45) is 1.65. The van der Waals surface area contributed by atoms with E-state index in [9.17, 15) is 24.5 Å². The van der Waals surface area contributed by atoms with Crippen molar-refractivity contribution in [3.8, 4) is 12.1 Å². The largest absolute Gasteiger partial charge is 0.383 e. The van der Waals surface area contributed by atoms with Gasteiger partial charge in [0, 0.05) is 17.4 Å². The fraction of sp³-hybridized carbons (Fsp3) is 0.296. The van der Waals surface area contributed by atoms with Crippen LogP contribution in [0, 0.1) is 51.6 Å². The van der Waals surface area contributed by atoms with E-state index in [0.717, 1.165) is 0 Å². The summed E-state index contributed by atoms with van der Waals surface area (Å²) >= 11 is 0. The zero-order valence-electron chi connectivity index (χ0n) is 18.8. The molecule has 2 aromatic rings. The van der Waals surface area contributed by atoms with Crippen LogP contribution in [0.15, 0.2) is 71.0 Å². The number of carbonyl (C=O) groups excluding carboxylic acids is 2. The van der Waals surface area contributed by atoms with Gasteiger partial charge in [-0.15, -0.1) is 0 Å². The van der Waals surface area contributed by atoms with Crippen molar-refractivity contribution in [3.63, 3.8) is 0 Å². The third-order valence-electron chi connectivity index (χ3n) is 7.45. The lowest BCUT2D eigenvalue weighted by atomic mass is 9.51. The van der Waals surface area contributed by atoms with Gasteiger partial charge in [-0.2, -0.15) is 10.5 Å². The molecule has 174 valence electrons. The molecule has 7 nitrogen and oxygen atoms in total. The standard InChI is InChI=1S/C27H22FN5O2/c28-18-11-9-16(10-12-18)14-33-25(35)22(23(34)17-5-2-1-3-6-17)21-8-4-7-20-19(13-29)24(31)32-26(33)27(20,21)15-30/h1-3,5-6,9-12,20-22H,4,7-8,14,31H2/t20-,21+,22?,27-/m1/s1. The van der Waals surface area contributed by atoms with Crippen molar-refractivity contribution in [2.75, 3.05) is 0 Å². The van der Waals surface area contributed by atoms with E-state index in [-0.39, 0.29) is 29.6 Å². The highest BCUT2D eigenvalue weighted by Gasteiger charge is 2.65. The van der Waals surface area contributed by atoms with Crippen molar-refractivity contribution in [1.29, 1.82) is 10.5 Å². The number of nitrogens with zero attached hydrogens (tertiary/aromatic N) is 4. The predicted molar refractivity (Wildman–Crippen MR) is 124 cm³/mol. The molecule has 0 aromatic heterocycles. The number of aliphatic imine (C=N–C) groups is 1. The number of nitriles is 2. The van der Waals surface area contributed by atoms with Gasteiger partial charge in [-0.25, -0.2) is 9.38 Å². The lowest BCUT2D eigenvalue weighted by Crippen LogP contribution is -2.66. The third kappa shape index (κ3) is 3.33. The van der Waals surface area contributed by atoms with E-state index in [2.05, 4.69) is 17.1 Å². The number of piperidine rings is 1. The molecule has 1 unspecified atom stereocenters. The molecule has 1 saturated carbocycles. The van der Waals surface area contributed by atoms with Crippen LogP contribution in [0.3, 0.4) is 0 Å². The molecule has 3 aliphatic rings. The Labute approximate surface area is 202 Å². The van der Waals surface area contributed by atoms with E-state index in [1.807, 2.05) is 0 Å². The maximum Gasteiger partial charge on any atom is 0.239 e. The molecule has 4 atom stereocenters. The maximum atomic E-state index is 14.0. The third-order valence-corrected chi connectivity index (χ3v) is 7.45. The summed E-state index contributed by atoms with van der Waals surface area (Å²) < 4.78 is 13.5. The first-order valence-corrected chi connectivity index (χ1v) is 11.5. The second kappa shape index (κ2) is 8.48. The molecule has 0 radical (unpaired) electrons. The van der Waals surface area contributed by atoms with Crippen molar-refractivity contribution in [1.82, 2.24) is 4.90 Å². The zero-order valence-corrected chi connectivity index (χ0v) is 18.8. The molecule has 2 aromatic carbocycles. The number of carbonyl (C=O) groups is 2. The van der Waals surface area contributed by atoms with E-state index in [1.54, 1.807) is 42.5 Å². The minimum absolute atomic E-state index is 0.00540. The van der Waals surface area contributed by atoms with Crippen LogP contribution in [0.2, 0.25) is 0 Å². The number of rotatable bonds is 4. The van der Waals surface area contributed by atoms with Crippen molar-refractivity contribution in [2.45, 2.75) is 25.8 Å². The van der Waals surface area contributed by atoms with Crippen LogP contribution in [0.25, 0.3) is 0 Å². The summed E-state index contributed by atoms with van der Waals surface area (Å²) in [5.74, 6) is -3.41. The number of nitrogens with two attached hydrogens (primary N) is 1. The number of ketones is 1. The average molecular weight is 468 g/mol. The average Bonchev–Trinajstić information content (AvgIpc) is 2.88. The first-order chi connectivity index (χ1) is 16.9. The Kier molecular flexibility index (Phi) is 5.45. The smallest absolute Gasteiger partial charge is 0.239 e. The summed E-state index contributed by atoms with van der Waals surface area (Å²) in [5, 5.41) is 20.5. The molecule has 2 aliphatic heterocycles. The number of amides is 1. The Balaban J connectivity index is 1.71. The highest BCUT2D eigenvalue weighted by molar-refractivity contribution is 6.18. The molecule has 2 fully saturated rings. The van der Waals surface area contributed by atoms with Gasteiger partial charge in [0.05, 0.1) is 24.3 Å². The van der Waals surface area contributed by atoms with Crippen molar-refractivity contribution >= 4 is 17.5 Å². The summed E-state index contributed by atoms with van der Waals surface area (Å²) in [5.41, 5.74) is 6.03. The summed E-state index contributed by atoms with van der Waals surface area (Å²) in [4.78, 5) is 33.5. The minimum Gasteiger partial charge on any atom is -0.383 e. The predicted octanol–water partition coefficient (Wildman–Crippen LogP) is 3.70. The SMILES string of the molecule is N#CC1=C(N)N=C2N(Cc3ccc(F)cc3)C(=O)C(C(=O)c3ccccc3)[C@@H]3CCC[C@H]1[C@@]23C#N. The number of amidine groups is 1. The molecular formula is C27H22FN5O2. The monoisotopic (exact) mass is 467 g/mol. The lowest BCUT2D eigenvalue weighted by molar-refractivity contribution is -0.137. The zero-order chi connectivity index (χ0) is 24.7. The van der Waals surface area contributed by atoms with Gasteiger partial charge < -0.3 is 5.73 Å². The van der Waals surface area contributed by atoms with Gasteiger partial charge >= 0.3 is 0 Å². The Morgan fingerprint density at radius 1 is 1.14 bits per heavy atom. The molecule has 2 N–H and O–H groups in total. The molecule has 1 amide bonds. The van der Waals surface area contributed by atoms with Gasteiger partial charge in [-0.1, -0.05) is 48.9 Å². The summed E-state index contributed by atoms with van der Waals surface area (Å²) in [6.45, 7) is -0.00540. The Hall–Kier alpha value is -4.30. The highest BCUT2D eigenvalue weighted by Crippen LogP contribution is 2.57. The number of likely N-dealkylation sites (tertiary alicyclic amines) is 1. The molecule has 1 aliphatic carbocycles. The van der Waals surface area contributed by atoms with Gasteiger partial charge in [0.25, 0.3) is 0 Å². The van der Waals surface area contributed by atoms with Gasteiger partial charge in [0.15, 0.2) is 5.78 Å². The van der Waals surface area contributed by atoms with E-state index in [0.29, 0.717) is 30.4 Å². The van der Waals surface area contributed by atoms with Crippen LogP contribution in [0.5, 0.6) is 0 Å². The molecule has 1 saturated heterocycles. The van der Waals surface area contributed by atoms with E-state index < -0.39 is 34.9 Å². The van der Waals surface area contributed by atoms with Gasteiger partial charge in [0.2, 0.25) is 5.91 Å². The van der Waals surface area contributed by atoms with Crippen LogP contribution in [-0.4, -0.2) is 22.4 Å². The number of Topliss-reactive ketones (excluding diaryl/α,β-unsaturated/α-hetero) is 1. The Bertz CT molecular complexity index is 1350. The topological polar surface area (TPSA) is 123 Å².